The lowest BCUT2D eigenvalue weighted by Gasteiger charge is -2.10. The summed E-state index contributed by atoms with van der Waals surface area (Å²) in [7, 11) is 0. The summed E-state index contributed by atoms with van der Waals surface area (Å²) in [6.07, 6.45) is 1.27. The minimum absolute atomic E-state index is 0.0160. The van der Waals surface area contributed by atoms with Crippen molar-refractivity contribution in [1.82, 2.24) is 18.7 Å². The molecule has 0 saturated carbocycles. The van der Waals surface area contributed by atoms with Gasteiger partial charge in [0, 0.05) is 0 Å². The van der Waals surface area contributed by atoms with Crippen LogP contribution in [0.15, 0.2) is 15.9 Å². The summed E-state index contributed by atoms with van der Waals surface area (Å²) >= 11 is 0. The summed E-state index contributed by atoms with van der Waals surface area (Å²) in [5.41, 5.74) is -1.45. The van der Waals surface area contributed by atoms with Crippen molar-refractivity contribution in [3.8, 4) is 0 Å². The van der Waals surface area contributed by atoms with Gasteiger partial charge in [0.15, 0.2) is 11.2 Å². The topological polar surface area (TPSA) is 113 Å². The van der Waals surface area contributed by atoms with Crippen LogP contribution in [0.4, 0.5) is 0 Å². The van der Waals surface area contributed by atoms with Crippen molar-refractivity contribution in [2.45, 2.75) is 40.4 Å². The maximum Gasteiger partial charge on any atom is 0.333 e. The Hall–Kier alpha value is -2.84. The van der Waals surface area contributed by atoms with Gasteiger partial charge in [0.1, 0.15) is 17.3 Å². The number of ketones is 3. The molecular formula is C14H16N4O5. The molecule has 0 amide bonds. The number of Topliss-reactive ketones (excluding diaryl/α,β-unsaturated/α-hetero) is 3. The van der Waals surface area contributed by atoms with Crippen LogP contribution in [0.1, 0.15) is 20.8 Å². The molecule has 0 N–H and O–H groups in total. The van der Waals surface area contributed by atoms with Crippen LogP contribution in [-0.4, -0.2) is 36.0 Å². The van der Waals surface area contributed by atoms with E-state index < -0.39 is 17.8 Å². The van der Waals surface area contributed by atoms with E-state index in [9.17, 15) is 24.0 Å². The van der Waals surface area contributed by atoms with Crippen molar-refractivity contribution in [3.63, 3.8) is 0 Å². The van der Waals surface area contributed by atoms with Gasteiger partial charge in [0.25, 0.3) is 5.56 Å². The van der Waals surface area contributed by atoms with E-state index in [1.54, 1.807) is 0 Å². The zero-order valence-electron chi connectivity index (χ0n) is 13.0. The van der Waals surface area contributed by atoms with Crippen LogP contribution in [0.25, 0.3) is 11.2 Å². The average Bonchev–Trinajstić information content (AvgIpc) is 2.82. The number of nitrogens with zero attached hydrogens (tertiary/aromatic N) is 4. The van der Waals surface area contributed by atoms with E-state index in [0.29, 0.717) is 0 Å². The van der Waals surface area contributed by atoms with E-state index in [2.05, 4.69) is 4.98 Å². The van der Waals surface area contributed by atoms with Crippen LogP contribution in [-0.2, 0) is 34.0 Å². The van der Waals surface area contributed by atoms with E-state index in [0.717, 1.165) is 9.13 Å². The standard InChI is InChI=1S/C14H16N4O5/c1-8(19)4-16-7-15-12-11(16)13(22)18(6-10(3)21)14(23)17(12)5-9(2)20/h7H,4-6H2,1-3H3. The number of hydrogen-bond donors (Lipinski definition) is 0. The first-order chi connectivity index (χ1) is 10.7. The zero-order chi connectivity index (χ0) is 17.3. The van der Waals surface area contributed by atoms with E-state index in [4.69, 9.17) is 0 Å². The van der Waals surface area contributed by atoms with Gasteiger partial charge in [0.2, 0.25) is 0 Å². The molecule has 9 nitrogen and oxygen atoms in total. The summed E-state index contributed by atoms with van der Waals surface area (Å²) in [6, 6.07) is 0. The number of rotatable bonds is 6. The highest BCUT2D eigenvalue weighted by Crippen LogP contribution is 2.07. The van der Waals surface area contributed by atoms with Crippen molar-refractivity contribution in [3.05, 3.63) is 27.2 Å². The van der Waals surface area contributed by atoms with E-state index >= 15 is 0 Å². The summed E-state index contributed by atoms with van der Waals surface area (Å²) < 4.78 is 3.11. The molecular weight excluding hydrogens is 304 g/mol. The minimum atomic E-state index is -0.777. The van der Waals surface area contributed by atoms with Crippen molar-refractivity contribution in [2.24, 2.45) is 0 Å². The molecule has 23 heavy (non-hydrogen) atoms. The van der Waals surface area contributed by atoms with E-state index in [-0.39, 0.29) is 41.6 Å². The molecule has 122 valence electrons. The Labute approximate surface area is 130 Å². The molecule has 0 aromatic carbocycles. The number of hydrogen-bond acceptors (Lipinski definition) is 6. The summed E-state index contributed by atoms with van der Waals surface area (Å²) in [4.78, 5) is 63.0. The molecule has 2 aromatic heterocycles. The quantitative estimate of drug-likeness (QED) is 0.683. The molecule has 0 atom stereocenters. The van der Waals surface area contributed by atoms with Crippen LogP contribution >= 0.6 is 0 Å². The SMILES string of the molecule is CC(=O)Cn1c(=O)c2c(ncn2CC(C)=O)n(CC(C)=O)c1=O. The lowest BCUT2D eigenvalue weighted by molar-refractivity contribution is -0.118. The highest BCUT2D eigenvalue weighted by atomic mass is 16.2. The lowest BCUT2D eigenvalue weighted by Crippen LogP contribution is -2.42. The Balaban J connectivity index is 2.87. The molecule has 2 heterocycles. The highest BCUT2D eigenvalue weighted by molar-refractivity contribution is 5.81. The second kappa shape index (κ2) is 6.11. The number of fused-ring (bicyclic) bond motifs is 1. The molecule has 2 rings (SSSR count). The van der Waals surface area contributed by atoms with Gasteiger partial charge < -0.3 is 4.57 Å². The summed E-state index contributed by atoms with van der Waals surface area (Å²) in [6.45, 7) is 3.13. The maximum absolute atomic E-state index is 12.5. The van der Waals surface area contributed by atoms with Crippen LogP contribution in [0.2, 0.25) is 0 Å². The van der Waals surface area contributed by atoms with Crippen LogP contribution in [0.5, 0.6) is 0 Å². The third-order valence-electron chi connectivity index (χ3n) is 3.14. The zero-order valence-corrected chi connectivity index (χ0v) is 13.0. The first-order valence-corrected chi connectivity index (χ1v) is 6.89. The number of carbonyl (C=O) groups is 3. The molecule has 0 aliphatic carbocycles. The number of imidazole rings is 1. The van der Waals surface area contributed by atoms with Crippen LogP contribution in [0, 0.1) is 0 Å². The van der Waals surface area contributed by atoms with Crippen molar-refractivity contribution in [1.29, 1.82) is 0 Å². The number of carbonyl (C=O) groups excluding carboxylic acids is 3. The summed E-state index contributed by atoms with van der Waals surface area (Å²) in [5, 5.41) is 0. The normalized spacial score (nSPS) is 10.9. The van der Waals surface area contributed by atoms with Gasteiger partial charge in [0.05, 0.1) is 26.0 Å². The molecule has 2 aromatic rings. The van der Waals surface area contributed by atoms with Crippen molar-refractivity contribution >= 4 is 28.5 Å². The largest absolute Gasteiger partial charge is 0.333 e. The molecule has 0 fully saturated rings. The lowest BCUT2D eigenvalue weighted by atomic mass is 10.3. The molecule has 0 spiro atoms. The van der Waals surface area contributed by atoms with Gasteiger partial charge in [-0.15, -0.1) is 0 Å². The molecule has 0 unspecified atom stereocenters. The fourth-order valence-corrected chi connectivity index (χ4v) is 2.33. The van der Waals surface area contributed by atoms with Gasteiger partial charge in [-0.25, -0.2) is 9.78 Å². The predicted octanol–water partition coefficient (Wildman–Crippen LogP) is -0.873. The van der Waals surface area contributed by atoms with Gasteiger partial charge >= 0.3 is 5.69 Å². The minimum Gasteiger partial charge on any atom is -0.317 e. The second-order valence-corrected chi connectivity index (χ2v) is 5.41. The fraction of sp³-hybridized carbons (Fsp3) is 0.429. The van der Waals surface area contributed by atoms with Crippen molar-refractivity contribution < 1.29 is 14.4 Å². The molecule has 0 aliphatic rings. The fourth-order valence-electron chi connectivity index (χ4n) is 2.33. The Morgan fingerprint density at radius 2 is 1.43 bits per heavy atom. The Kier molecular flexibility index (Phi) is 4.39. The summed E-state index contributed by atoms with van der Waals surface area (Å²) in [5.74, 6) is -0.885. The molecule has 0 bridgehead atoms. The Morgan fingerprint density at radius 3 is 1.96 bits per heavy atom. The van der Waals surface area contributed by atoms with E-state index in [1.807, 2.05) is 0 Å². The number of aromatic nitrogens is 4. The Morgan fingerprint density at radius 1 is 0.913 bits per heavy atom. The van der Waals surface area contributed by atoms with E-state index in [1.165, 1.54) is 31.7 Å². The predicted molar refractivity (Wildman–Crippen MR) is 80.3 cm³/mol. The molecule has 0 saturated heterocycles. The highest BCUT2D eigenvalue weighted by Gasteiger charge is 2.19. The molecule has 0 radical (unpaired) electrons. The Bertz CT molecular complexity index is 931. The van der Waals surface area contributed by atoms with Gasteiger partial charge in [-0.1, -0.05) is 0 Å². The first kappa shape index (κ1) is 16.5. The monoisotopic (exact) mass is 320 g/mol. The molecule has 0 aliphatic heterocycles. The third-order valence-corrected chi connectivity index (χ3v) is 3.14. The van der Waals surface area contributed by atoms with Gasteiger partial charge in [-0.2, -0.15) is 0 Å². The third kappa shape index (κ3) is 3.17. The second-order valence-electron chi connectivity index (χ2n) is 5.41. The first-order valence-electron chi connectivity index (χ1n) is 6.89. The van der Waals surface area contributed by atoms with Gasteiger partial charge in [-0.3, -0.25) is 28.3 Å². The van der Waals surface area contributed by atoms with Crippen molar-refractivity contribution in [2.75, 3.05) is 0 Å². The molecule has 9 heteroatoms. The maximum atomic E-state index is 12.5. The van der Waals surface area contributed by atoms with Crippen LogP contribution < -0.4 is 11.2 Å². The smallest absolute Gasteiger partial charge is 0.317 e. The van der Waals surface area contributed by atoms with Crippen LogP contribution in [0.3, 0.4) is 0 Å². The average molecular weight is 320 g/mol. The van der Waals surface area contributed by atoms with Gasteiger partial charge in [-0.05, 0) is 20.8 Å².